The smallest absolute Gasteiger partial charge is 0.425 e. The van der Waals surface area contributed by atoms with Gasteiger partial charge < -0.3 is 14.8 Å². The van der Waals surface area contributed by atoms with Crippen LogP contribution in [0.25, 0.3) is 0 Å². The summed E-state index contributed by atoms with van der Waals surface area (Å²) >= 11 is 0. The summed E-state index contributed by atoms with van der Waals surface area (Å²) in [6, 6.07) is 9.45. The average Bonchev–Trinajstić information content (AvgIpc) is 2.93. The maximum atomic E-state index is 15.0. The molecule has 0 bridgehead atoms. The number of nitrogens with one attached hydrogen (secondary N) is 2. The van der Waals surface area contributed by atoms with Crippen LogP contribution in [-0.4, -0.2) is 53.9 Å². The summed E-state index contributed by atoms with van der Waals surface area (Å²) in [5.74, 6) is -2.59. The number of carbonyl (C=O) groups excluding carboxylic acids is 2. The summed E-state index contributed by atoms with van der Waals surface area (Å²) in [7, 11) is 1.35. The Morgan fingerprint density at radius 2 is 1.82 bits per heavy atom. The lowest BCUT2D eigenvalue weighted by molar-refractivity contribution is -0.209. The lowest BCUT2D eigenvalue weighted by Gasteiger charge is -2.37. The van der Waals surface area contributed by atoms with Crippen LogP contribution in [0, 0.1) is 5.82 Å². The number of aliphatic imine (C=N–C) groups is 1. The van der Waals surface area contributed by atoms with Gasteiger partial charge >= 0.3 is 6.18 Å². The first kappa shape index (κ1) is 27.4. The number of nitrogens with zero attached hydrogens (tertiary/aromatic N) is 3. The topological polar surface area (TPSA) is 115 Å². The van der Waals surface area contributed by atoms with E-state index >= 15 is 4.39 Å². The normalized spacial score (nSPS) is 18.9. The summed E-state index contributed by atoms with van der Waals surface area (Å²) in [6.45, 7) is -1.58. The van der Waals surface area contributed by atoms with Crippen molar-refractivity contribution < 1.29 is 41.0 Å². The number of rotatable bonds is 6. The lowest BCUT2D eigenvalue weighted by atomic mass is 9.84. The first-order valence-electron chi connectivity index (χ1n) is 11.3. The molecule has 1 aliphatic rings. The number of ether oxygens (including phenoxy) is 2. The van der Waals surface area contributed by atoms with Crippen LogP contribution < -0.4 is 15.4 Å². The van der Waals surface area contributed by atoms with Gasteiger partial charge in [-0.3, -0.25) is 14.9 Å². The molecule has 2 amide bonds. The van der Waals surface area contributed by atoms with Gasteiger partial charge in [-0.05, 0) is 30.3 Å². The zero-order chi connectivity index (χ0) is 28.2. The summed E-state index contributed by atoms with van der Waals surface area (Å²) in [5.41, 5.74) is -3.19. The van der Waals surface area contributed by atoms with E-state index in [0.29, 0.717) is 0 Å². The number of hydrogen-bond donors (Lipinski definition) is 2. The first-order chi connectivity index (χ1) is 18.5. The van der Waals surface area contributed by atoms with Crippen molar-refractivity contribution in [3.8, 4) is 5.88 Å². The van der Waals surface area contributed by atoms with Crippen LogP contribution in [0.2, 0.25) is 0 Å². The van der Waals surface area contributed by atoms with E-state index in [-0.39, 0.29) is 22.8 Å². The molecule has 4 rings (SSSR count). The molecule has 39 heavy (non-hydrogen) atoms. The highest BCUT2D eigenvalue weighted by atomic mass is 19.4. The van der Waals surface area contributed by atoms with Gasteiger partial charge in [-0.2, -0.15) is 13.2 Å². The average molecular weight is 549 g/mol. The van der Waals surface area contributed by atoms with E-state index in [9.17, 15) is 27.2 Å². The molecule has 9 nitrogen and oxygen atoms in total. The van der Waals surface area contributed by atoms with E-state index in [4.69, 9.17) is 9.47 Å². The molecule has 2 atom stereocenters. The number of alkyl halides is 4. The number of hydrogen-bond acceptors (Lipinski definition) is 7. The summed E-state index contributed by atoms with van der Waals surface area (Å²) in [6.07, 6.45) is -6.46. The molecule has 0 saturated heterocycles. The Morgan fingerprint density at radius 3 is 2.44 bits per heavy atom. The van der Waals surface area contributed by atoms with E-state index in [1.54, 1.807) is 6.07 Å². The summed E-state index contributed by atoms with van der Waals surface area (Å²) in [4.78, 5) is 36.7. The Bertz CT molecular complexity index is 1390. The number of amidine groups is 1. The molecular formula is C25H20F5N5O4. The molecule has 2 heterocycles. The van der Waals surface area contributed by atoms with Crippen LogP contribution in [0.15, 0.2) is 65.9 Å². The zero-order valence-corrected chi connectivity index (χ0v) is 20.1. The Hall–Kier alpha value is -4.62. The van der Waals surface area contributed by atoms with Crippen LogP contribution in [0.3, 0.4) is 0 Å². The number of methoxy groups -OCH3 is 1. The fourth-order valence-corrected chi connectivity index (χ4v) is 3.77. The van der Waals surface area contributed by atoms with Crippen molar-refractivity contribution in [3.05, 3.63) is 83.6 Å². The molecule has 14 heteroatoms. The number of halogens is 5. The fourth-order valence-electron chi connectivity index (χ4n) is 3.77. The molecule has 204 valence electrons. The minimum atomic E-state index is -5.01. The van der Waals surface area contributed by atoms with Crippen molar-refractivity contribution >= 4 is 23.5 Å². The summed E-state index contributed by atoms with van der Waals surface area (Å²) < 4.78 is 80.6. The molecule has 3 aromatic rings. The van der Waals surface area contributed by atoms with Gasteiger partial charge in [0.05, 0.1) is 19.5 Å². The number of amides is 2. The quantitative estimate of drug-likeness (QED) is 0.446. The Balaban J connectivity index is 1.69. The number of anilines is 1. The minimum absolute atomic E-state index is 0.0707. The van der Waals surface area contributed by atoms with Gasteiger partial charge in [0.25, 0.3) is 17.8 Å². The van der Waals surface area contributed by atoms with Gasteiger partial charge in [-0.25, -0.2) is 23.7 Å². The zero-order valence-electron chi connectivity index (χ0n) is 20.1. The third kappa shape index (κ3) is 6.10. The second-order valence-corrected chi connectivity index (χ2v) is 8.35. The second kappa shape index (κ2) is 11.0. The van der Waals surface area contributed by atoms with Crippen LogP contribution in [0.4, 0.5) is 27.6 Å². The fraction of sp³-hybridized carbons (Fsp3) is 0.240. The van der Waals surface area contributed by atoms with Crippen LogP contribution in [0.1, 0.15) is 32.8 Å². The highest BCUT2D eigenvalue weighted by Gasteiger charge is 2.52. The van der Waals surface area contributed by atoms with Gasteiger partial charge in [0.1, 0.15) is 23.7 Å². The highest BCUT2D eigenvalue weighted by molar-refractivity contribution is 6.04. The molecule has 0 radical (unpaired) electrons. The number of aromatic nitrogens is 2. The van der Waals surface area contributed by atoms with Crippen molar-refractivity contribution in [1.29, 1.82) is 0 Å². The SMILES string of the molecule is COc1cnc(C(=O)Nc2ccc(F)c(C3(CF)C[C@@H](C(F)(F)F)OC(NC(=O)c4ccccc4)=N3)c2)cn1. The third-order valence-electron chi connectivity index (χ3n) is 5.73. The van der Waals surface area contributed by atoms with E-state index in [1.807, 2.05) is 0 Å². The van der Waals surface area contributed by atoms with Gasteiger partial charge in [0.2, 0.25) is 5.88 Å². The van der Waals surface area contributed by atoms with Crippen molar-refractivity contribution in [3.63, 3.8) is 0 Å². The second-order valence-electron chi connectivity index (χ2n) is 8.35. The lowest BCUT2D eigenvalue weighted by Crippen LogP contribution is -2.50. The van der Waals surface area contributed by atoms with Crippen LogP contribution in [0.5, 0.6) is 5.88 Å². The number of carbonyl (C=O) groups is 2. The molecule has 0 spiro atoms. The largest absolute Gasteiger partial charge is 0.480 e. The monoisotopic (exact) mass is 549 g/mol. The predicted molar refractivity (Wildman–Crippen MR) is 127 cm³/mol. The minimum Gasteiger partial charge on any atom is -0.480 e. The van der Waals surface area contributed by atoms with Crippen molar-refractivity contribution in [2.75, 3.05) is 19.1 Å². The van der Waals surface area contributed by atoms with Crippen molar-refractivity contribution in [2.45, 2.75) is 24.2 Å². The van der Waals surface area contributed by atoms with Gasteiger partial charge in [-0.1, -0.05) is 18.2 Å². The third-order valence-corrected chi connectivity index (χ3v) is 5.73. The maximum absolute atomic E-state index is 15.0. The van der Waals surface area contributed by atoms with Gasteiger partial charge in [0, 0.05) is 23.2 Å². The molecule has 0 aliphatic carbocycles. The van der Waals surface area contributed by atoms with Crippen molar-refractivity contribution in [1.82, 2.24) is 15.3 Å². The predicted octanol–water partition coefficient (Wildman–Crippen LogP) is 4.18. The Kier molecular flexibility index (Phi) is 7.74. The molecule has 0 saturated carbocycles. The molecule has 0 fully saturated rings. The molecule has 2 aromatic carbocycles. The molecule has 1 aliphatic heterocycles. The molecule has 1 unspecified atom stereocenters. The van der Waals surface area contributed by atoms with Crippen molar-refractivity contribution in [2.24, 2.45) is 4.99 Å². The highest BCUT2D eigenvalue weighted by Crippen LogP contribution is 2.42. The van der Waals surface area contributed by atoms with E-state index in [2.05, 4.69) is 25.6 Å². The van der Waals surface area contributed by atoms with E-state index in [0.717, 1.165) is 24.4 Å². The van der Waals surface area contributed by atoms with Gasteiger partial charge in [-0.15, -0.1) is 0 Å². The van der Waals surface area contributed by atoms with Crippen LogP contribution >= 0.6 is 0 Å². The maximum Gasteiger partial charge on any atom is 0.425 e. The van der Waals surface area contributed by atoms with Gasteiger partial charge in [0.15, 0.2) is 6.10 Å². The van der Waals surface area contributed by atoms with E-state index < -0.39 is 60.1 Å². The number of benzene rings is 2. The molecule has 2 N–H and O–H groups in total. The Morgan fingerprint density at radius 1 is 1.08 bits per heavy atom. The first-order valence-corrected chi connectivity index (χ1v) is 11.3. The van der Waals surface area contributed by atoms with Crippen LogP contribution in [-0.2, 0) is 10.3 Å². The standard InChI is InChI=1S/C25H20F5N5O4/c1-38-20-12-31-18(11-32-20)22(37)33-15-7-8-17(27)16(9-15)24(13-26)10-19(25(28,29)30)39-23(35-24)34-21(36)14-5-3-2-4-6-14/h2-9,11-12,19H,10,13H2,1H3,(H,33,37)(H,34,35,36)/t19-,24?/m0/s1. The molecular weight excluding hydrogens is 529 g/mol. The Labute approximate surface area is 218 Å². The van der Waals surface area contributed by atoms with E-state index in [1.165, 1.54) is 37.6 Å². The molecule has 1 aromatic heterocycles. The summed E-state index contributed by atoms with van der Waals surface area (Å²) in [5, 5.41) is 4.50.